The minimum atomic E-state index is -4.21. The molecule has 0 spiro atoms. The zero-order chi connectivity index (χ0) is 26.2. The Labute approximate surface area is 210 Å². The van der Waals surface area contributed by atoms with Gasteiger partial charge in [-0.05, 0) is 57.6 Å². The van der Waals surface area contributed by atoms with Crippen LogP contribution in [0.5, 0.6) is 0 Å². The third-order valence-electron chi connectivity index (χ3n) is 8.36. The van der Waals surface area contributed by atoms with Crippen molar-refractivity contribution in [3.05, 3.63) is 57.2 Å². The molecule has 1 saturated heterocycles. The van der Waals surface area contributed by atoms with Gasteiger partial charge in [-0.2, -0.15) is 18.4 Å². The molecule has 3 aromatic heterocycles. The second-order valence-electron chi connectivity index (χ2n) is 10.8. The molecular weight excluding hydrogens is 485 g/mol. The van der Waals surface area contributed by atoms with E-state index in [1.807, 2.05) is 19.9 Å². The number of hydrogen-bond acceptors (Lipinski definition) is 7. The number of halogens is 3. The van der Waals surface area contributed by atoms with Crippen LogP contribution in [0.2, 0.25) is 0 Å². The summed E-state index contributed by atoms with van der Waals surface area (Å²) in [6.07, 6.45) is -1.64. The van der Waals surface area contributed by atoms with Crippen LogP contribution in [0.3, 0.4) is 0 Å². The summed E-state index contributed by atoms with van der Waals surface area (Å²) in [6, 6.07) is 5.10. The molecule has 0 radical (unpaired) electrons. The lowest BCUT2D eigenvalue weighted by molar-refractivity contribution is -0.337. The number of aromatic nitrogens is 5. The van der Waals surface area contributed by atoms with E-state index >= 15 is 0 Å². The summed E-state index contributed by atoms with van der Waals surface area (Å²) in [7, 11) is 0. The van der Waals surface area contributed by atoms with Crippen LogP contribution < -0.4 is 5.56 Å². The van der Waals surface area contributed by atoms with Crippen molar-refractivity contribution in [1.29, 1.82) is 5.26 Å². The first-order valence-electron chi connectivity index (χ1n) is 12.3. The standard InChI is InChI=1S/C26H25F3N6O2/c1-14-15(2)32-23-20(31-14)21(24-11-25(12-24,13-24)26(27,28)29)33-22(34-23)16-5-8-37-18(9-16)17-3-4-19(36)35(10-17)7-6-30/h3-4,10,16,18H,5,7-9,11-13H2,1-2H3. The number of rotatable bonds is 4. The molecule has 2 unspecified atom stereocenters. The third-order valence-corrected chi connectivity index (χ3v) is 8.36. The third kappa shape index (κ3) is 3.64. The van der Waals surface area contributed by atoms with Gasteiger partial charge in [0, 0.05) is 30.2 Å². The van der Waals surface area contributed by atoms with Gasteiger partial charge in [0.15, 0.2) is 5.65 Å². The lowest BCUT2D eigenvalue weighted by atomic mass is 9.34. The van der Waals surface area contributed by atoms with Gasteiger partial charge in [0.1, 0.15) is 17.9 Å². The summed E-state index contributed by atoms with van der Waals surface area (Å²) >= 11 is 0. The maximum Gasteiger partial charge on any atom is 0.394 e. The SMILES string of the molecule is Cc1nc2nc(C3CCOC(c4ccc(=O)n(CC#N)c4)C3)nc(C34CC(C(F)(F)F)(C3)C4)c2nc1C. The van der Waals surface area contributed by atoms with Crippen molar-refractivity contribution in [3.63, 3.8) is 0 Å². The predicted molar refractivity (Wildman–Crippen MR) is 126 cm³/mol. The Morgan fingerprint density at radius 2 is 1.86 bits per heavy atom. The number of alkyl halides is 3. The fraction of sp³-hybridized carbons (Fsp3) is 0.538. The zero-order valence-electron chi connectivity index (χ0n) is 20.5. The minimum Gasteiger partial charge on any atom is -0.373 e. The molecule has 2 bridgehead atoms. The predicted octanol–water partition coefficient (Wildman–Crippen LogP) is 4.34. The summed E-state index contributed by atoms with van der Waals surface area (Å²) in [6.45, 7) is 4.04. The van der Waals surface area contributed by atoms with Crippen molar-refractivity contribution < 1.29 is 17.9 Å². The molecule has 7 rings (SSSR count). The second-order valence-corrected chi connectivity index (χ2v) is 10.8. The highest BCUT2D eigenvalue weighted by Gasteiger charge is 2.79. The molecular formula is C26H25F3N6O2. The second kappa shape index (κ2) is 8.05. The number of pyridine rings is 1. The molecule has 2 atom stereocenters. The first kappa shape index (κ1) is 24.0. The van der Waals surface area contributed by atoms with Gasteiger partial charge in [-0.1, -0.05) is 0 Å². The highest BCUT2D eigenvalue weighted by molar-refractivity contribution is 5.75. The van der Waals surface area contributed by atoms with Gasteiger partial charge in [-0.3, -0.25) is 4.79 Å². The van der Waals surface area contributed by atoms with Crippen LogP contribution in [0, 0.1) is 30.6 Å². The highest BCUT2D eigenvalue weighted by atomic mass is 19.4. The van der Waals surface area contributed by atoms with E-state index in [0.717, 1.165) is 11.3 Å². The minimum absolute atomic E-state index is 0.0283. The van der Waals surface area contributed by atoms with Crippen molar-refractivity contribution >= 4 is 11.2 Å². The van der Waals surface area contributed by atoms with Gasteiger partial charge in [-0.25, -0.2) is 19.9 Å². The zero-order valence-corrected chi connectivity index (χ0v) is 20.5. The highest BCUT2D eigenvalue weighted by Crippen LogP contribution is 2.78. The van der Waals surface area contributed by atoms with E-state index in [4.69, 9.17) is 20.0 Å². The number of aryl methyl sites for hydroxylation is 2. The van der Waals surface area contributed by atoms with Crippen LogP contribution in [-0.2, 0) is 16.7 Å². The van der Waals surface area contributed by atoms with Crippen molar-refractivity contribution in [3.8, 4) is 6.07 Å². The molecule has 0 N–H and O–H groups in total. The number of nitriles is 1. The van der Waals surface area contributed by atoms with Gasteiger partial charge < -0.3 is 9.30 Å². The molecule has 11 heteroatoms. The molecule has 3 aromatic rings. The molecule has 0 aromatic carbocycles. The van der Waals surface area contributed by atoms with E-state index < -0.39 is 17.0 Å². The average Bonchev–Trinajstić information content (AvgIpc) is 2.79. The van der Waals surface area contributed by atoms with Gasteiger partial charge >= 0.3 is 6.18 Å². The number of ether oxygens (including phenoxy) is 1. The largest absolute Gasteiger partial charge is 0.394 e. The van der Waals surface area contributed by atoms with E-state index in [9.17, 15) is 18.0 Å². The van der Waals surface area contributed by atoms with E-state index in [-0.39, 0.29) is 43.4 Å². The summed E-state index contributed by atoms with van der Waals surface area (Å²) in [5, 5.41) is 9.01. The molecule has 4 fully saturated rings. The molecule has 192 valence electrons. The fourth-order valence-electron chi connectivity index (χ4n) is 6.22. The smallest absolute Gasteiger partial charge is 0.373 e. The first-order chi connectivity index (χ1) is 17.5. The molecule has 3 saturated carbocycles. The summed E-state index contributed by atoms with van der Waals surface area (Å²) < 4.78 is 48.1. The van der Waals surface area contributed by atoms with E-state index in [1.54, 1.807) is 12.3 Å². The van der Waals surface area contributed by atoms with Gasteiger partial charge in [0.05, 0.1) is 34.7 Å². The van der Waals surface area contributed by atoms with Gasteiger partial charge in [-0.15, -0.1) is 0 Å². The Bertz CT molecular complexity index is 1510. The Hall–Kier alpha value is -3.39. The van der Waals surface area contributed by atoms with Crippen LogP contribution >= 0.6 is 0 Å². The quantitative estimate of drug-likeness (QED) is 0.514. The molecule has 37 heavy (non-hydrogen) atoms. The Kier molecular flexibility index (Phi) is 5.22. The molecule has 4 heterocycles. The lowest BCUT2D eigenvalue weighted by Crippen LogP contribution is -2.70. The Morgan fingerprint density at radius 3 is 2.57 bits per heavy atom. The van der Waals surface area contributed by atoms with Crippen molar-refractivity contribution in [2.75, 3.05) is 6.61 Å². The summed E-state index contributed by atoms with van der Waals surface area (Å²) in [5.41, 5.74) is 1.19. The van der Waals surface area contributed by atoms with Crippen molar-refractivity contribution in [1.82, 2.24) is 24.5 Å². The van der Waals surface area contributed by atoms with Crippen LogP contribution in [0.15, 0.2) is 23.1 Å². The average molecular weight is 511 g/mol. The fourth-order valence-corrected chi connectivity index (χ4v) is 6.22. The maximum atomic E-state index is 13.6. The Morgan fingerprint density at radius 1 is 1.14 bits per heavy atom. The van der Waals surface area contributed by atoms with Crippen LogP contribution in [0.1, 0.15) is 72.6 Å². The normalized spacial score (nSPS) is 28.9. The van der Waals surface area contributed by atoms with E-state index in [2.05, 4.69) is 9.97 Å². The van der Waals surface area contributed by atoms with Crippen molar-refractivity contribution in [2.45, 2.75) is 76.1 Å². The molecule has 4 aliphatic rings. The molecule has 3 aliphatic carbocycles. The maximum absolute atomic E-state index is 13.6. The molecule has 8 nitrogen and oxygen atoms in total. The topological polar surface area (TPSA) is 107 Å². The molecule has 1 aliphatic heterocycles. The lowest BCUT2D eigenvalue weighted by Gasteiger charge is -2.70. The Balaban J connectivity index is 1.36. The monoisotopic (exact) mass is 510 g/mol. The first-order valence-corrected chi connectivity index (χ1v) is 12.3. The number of fused-ring (bicyclic) bond motifs is 1. The van der Waals surface area contributed by atoms with Crippen LogP contribution in [0.25, 0.3) is 11.2 Å². The van der Waals surface area contributed by atoms with Crippen molar-refractivity contribution in [2.24, 2.45) is 5.41 Å². The van der Waals surface area contributed by atoms with Gasteiger partial charge in [0.25, 0.3) is 5.56 Å². The number of nitrogens with zero attached hydrogens (tertiary/aromatic N) is 6. The van der Waals surface area contributed by atoms with Crippen LogP contribution in [0.4, 0.5) is 13.2 Å². The number of hydrogen-bond donors (Lipinski definition) is 0. The van der Waals surface area contributed by atoms with Crippen LogP contribution in [-0.4, -0.2) is 37.3 Å². The van der Waals surface area contributed by atoms with Gasteiger partial charge in [0.2, 0.25) is 0 Å². The van der Waals surface area contributed by atoms with E-state index in [1.165, 1.54) is 10.6 Å². The summed E-state index contributed by atoms with van der Waals surface area (Å²) in [4.78, 5) is 31.0. The summed E-state index contributed by atoms with van der Waals surface area (Å²) in [5.74, 6) is 0.440. The van der Waals surface area contributed by atoms with E-state index in [0.29, 0.717) is 47.8 Å². The molecule has 0 amide bonds.